The number of hydrogen-bond acceptors (Lipinski definition) is 5. The van der Waals surface area contributed by atoms with Crippen LogP contribution in [0.1, 0.15) is 18.1 Å². The Labute approximate surface area is 161 Å². The fourth-order valence-corrected chi connectivity index (χ4v) is 3.39. The van der Waals surface area contributed by atoms with Crippen molar-refractivity contribution in [1.82, 2.24) is 15.2 Å². The Bertz CT molecular complexity index is 932. The molecule has 27 heavy (non-hydrogen) atoms. The van der Waals surface area contributed by atoms with E-state index in [1.54, 1.807) is 47.6 Å². The zero-order chi connectivity index (χ0) is 18.8. The number of anilines is 1. The second-order valence-electron chi connectivity index (χ2n) is 6.39. The average Bonchev–Trinajstić information content (AvgIpc) is 3.10. The first-order valence-electron chi connectivity index (χ1n) is 8.62. The molecule has 2 aromatic heterocycles. The Balaban J connectivity index is 1.51. The molecule has 0 aliphatic carbocycles. The molecule has 6 nitrogen and oxygen atoms in total. The standard InChI is InChI=1S/C20H17ClN4O2/c21-15-3-1-14(2-4-15)19(26)16-9-12-25(20(16)27)18-6-5-17(23-24-18)13-7-10-22-11-8-13/h1-8,10-11,16,19,26H,9,12H2. The van der Waals surface area contributed by atoms with Gasteiger partial charge in [-0.25, -0.2) is 0 Å². The van der Waals surface area contributed by atoms with Crippen molar-refractivity contribution in [3.63, 3.8) is 0 Å². The normalized spacial score (nSPS) is 17.9. The largest absolute Gasteiger partial charge is 0.388 e. The first-order chi connectivity index (χ1) is 13.1. The third-order valence-electron chi connectivity index (χ3n) is 4.74. The summed E-state index contributed by atoms with van der Waals surface area (Å²) in [6, 6.07) is 14.2. The van der Waals surface area contributed by atoms with E-state index < -0.39 is 12.0 Å². The average molecular weight is 381 g/mol. The summed E-state index contributed by atoms with van der Waals surface area (Å²) in [6.45, 7) is 0.497. The number of aliphatic hydroxyl groups is 1. The minimum atomic E-state index is -0.871. The molecular weight excluding hydrogens is 364 g/mol. The lowest BCUT2D eigenvalue weighted by molar-refractivity contribution is -0.123. The Morgan fingerprint density at radius 1 is 1.04 bits per heavy atom. The molecule has 1 fully saturated rings. The van der Waals surface area contributed by atoms with Gasteiger partial charge in [-0.15, -0.1) is 10.2 Å². The Hall–Kier alpha value is -2.83. The fraction of sp³-hybridized carbons (Fsp3) is 0.200. The summed E-state index contributed by atoms with van der Waals surface area (Å²) in [5.41, 5.74) is 2.30. The summed E-state index contributed by atoms with van der Waals surface area (Å²) in [6.07, 6.45) is 3.06. The van der Waals surface area contributed by atoms with Crippen LogP contribution in [-0.4, -0.2) is 32.7 Å². The molecule has 7 heteroatoms. The van der Waals surface area contributed by atoms with Gasteiger partial charge in [-0.3, -0.25) is 14.7 Å². The Morgan fingerprint density at radius 2 is 1.78 bits per heavy atom. The number of aliphatic hydroxyl groups excluding tert-OH is 1. The van der Waals surface area contributed by atoms with Crippen LogP contribution in [0, 0.1) is 5.92 Å². The topological polar surface area (TPSA) is 79.2 Å². The van der Waals surface area contributed by atoms with Gasteiger partial charge in [0.2, 0.25) is 5.91 Å². The Morgan fingerprint density at radius 3 is 2.44 bits per heavy atom. The number of rotatable bonds is 4. The minimum Gasteiger partial charge on any atom is -0.388 e. The van der Waals surface area contributed by atoms with E-state index in [9.17, 15) is 9.90 Å². The SMILES string of the molecule is O=C1C(C(O)c2ccc(Cl)cc2)CCN1c1ccc(-c2ccncc2)nn1. The molecule has 1 amide bonds. The quantitative estimate of drug-likeness (QED) is 0.751. The summed E-state index contributed by atoms with van der Waals surface area (Å²) in [4.78, 5) is 18.4. The Kier molecular flexibility index (Phi) is 4.83. The highest BCUT2D eigenvalue weighted by molar-refractivity contribution is 6.30. The highest BCUT2D eigenvalue weighted by Crippen LogP contribution is 2.33. The predicted octanol–water partition coefficient (Wildman–Crippen LogP) is 3.28. The number of carbonyl (C=O) groups excluding carboxylic acids is 1. The van der Waals surface area contributed by atoms with E-state index in [2.05, 4.69) is 15.2 Å². The van der Waals surface area contributed by atoms with E-state index in [1.165, 1.54) is 0 Å². The fourth-order valence-electron chi connectivity index (χ4n) is 3.26. The lowest BCUT2D eigenvalue weighted by atomic mass is 9.94. The van der Waals surface area contributed by atoms with Crippen molar-refractivity contribution in [2.45, 2.75) is 12.5 Å². The number of halogens is 1. The summed E-state index contributed by atoms with van der Waals surface area (Å²) in [7, 11) is 0. The van der Waals surface area contributed by atoms with Gasteiger partial charge in [-0.2, -0.15) is 0 Å². The molecule has 1 aliphatic rings. The summed E-state index contributed by atoms with van der Waals surface area (Å²) in [5.74, 6) is -0.167. The van der Waals surface area contributed by atoms with Crippen LogP contribution in [0.15, 0.2) is 60.9 Å². The van der Waals surface area contributed by atoms with Gasteiger partial charge >= 0.3 is 0 Å². The molecule has 3 heterocycles. The van der Waals surface area contributed by atoms with Gasteiger partial charge in [-0.1, -0.05) is 23.7 Å². The predicted molar refractivity (Wildman–Crippen MR) is 102 cm³/mol. The molecule has 1 aliphatic heterocycles. The van der Waals surface area contributed by atoms with E-state index in [0.717, 1.165) is 5.56 Å². The van der Waals surface area contributed by atoms with Crippen molar-refractivity contribution in [2.75, 3.05) is 11.4 Å². The number of hydrogen-bond donors (Lipinski definition) is 1. The monoisotopic (exact) mass is 380 g/mol. The van der Waals surface area contributed by atoms with E-state index in [4.69, 9.17) is 11.6 Å². The molecular formula is C20H17ClN4O2. The van der Waals surface area contributed by atoms with E-state index >= 15 is 0 Å². The first-order valence-corrected chi connectivity index (χ1v) is 9.00. The van der Waals surface area contributed by atoms with Gasteiger partial charge in [0.25, 0.3) is 0 Å². The molecule has 4 rings (SSSR count). The molecule has 136 valence electrons. The van der Waals surface area contributed by atoms with Crippen LogP contribution in [0.25, 0.3) is 11.3 Å². The van der Waals surface area contributed by atoms with Crippen molar-refractivity contribution in [1.29, 1.82) is 0 Å². The van der Waals surface area contributed by atoms with Gasteiger partial charge in [-0.05, 0) is 48.4 Å². The van der Waals surface area contributed by atoms with E-state index in [0.29, 0.717) is 35.1 Å². The van der Waals surface area contributed by atoms with Crippen LogP contribution < -0.4 is 4.90 Å². The van der Waals surface area contributed by atoms with Crippen LogP contribution >= 0.6 is 11.6 Å². The molecule has 0 radical (unpaired) electrons. The van der Waals surface area contributed by atoms with Crippen LogP contribution in [0.4, 0.5) is 5.82 Å². The minimum absolute atomic E-state index is 0.150. The second-order valence-corrected chi connectivity index (χ2v) is 6.83. The van der Waals surface area contributed by atoms with Crippen LogP contribution in [0.2, 0.25) is 5.02 Å². The van der Waals surface area contributed by atoms with Crippen molar-refractivity contribution < 1.29 is 9.90 Å². The van der Waals surface area contributed by atoms with Gasteiger partial charge < -0.3 is 5.11 Å². The zero-order valence-electron chi connectivity index (χ0n) is 14.4. The lowest BCUT2D eigenvalue weighted by Crippen LogP contribution is -2.30. The van der Waals surface area contributed by atoms with Gasteiger partial charge in [0, 0.05) is 29.5 Å². The maximum Gasteiger partial charge on any atom is 0.234 e. The highest BCUT2D eigenvalue weighted by Gasteiger charge is 2.38. The molecule has 0 bridgehead atoms. The molecule has 1 aromatic carbocycles. The third kappa shape index (κ3) is 3.54. The van der Waals surface area contributed by atoms with Gasteiger partial charge in [0.05, 0.1) is 17.7 Å². The van der Waals surface area contributed by atoms with Gasteiger partial charge in [0.15, 0.2) is 5.82 Å². The van der Waals surface area contributed by atoms with Crippen LogP contribution in [0.3, 0.4) is 0 Å². The summed E-state index contributed by atoms with van der Waals surface area (Å²) in [5, 5.41) is 19.6. The number of aromatic nitrogens is 3. The maximum absolute atomic E-state index is 12.8. The molecule has 2 atom stereocenters. The number of pyridine rings is 1. The van der Waals surface area contributed by atoms with Crippen LogP contribution in [-0.2, 0) is 4.79 Å². The molecule has 0 spiro atoms. The van der Waals surface area contributed by atoms with Crippen LogP contribution in [0.5, 0.6) is 0 Å². The van der Waals surface area contributed by atoms with Crippen molar-refractivity contribution in [2.24, 2.45) is 5.92 Å². The maximum atomic E-state index is 12.8. The van der Waals surface area contributed by atoms with Crippen molar-refractivity contribution >= 4 is 23.3 Å². The highest BCUT2D eigenvalue weighted by atomic mass is 35.5. The molecule has 3 aromatic rings. The first kappa shape index (κ1) is 17.6. The van der Waals surface area contributed by atoms with Gasteiger partial charge in [0.1, 0.15) is 0 Å². The molecule has 1 saturated heterocycles. The number of nitrogens with zero attached hydrogens (tertiary/aromatic N) is 4. The molecule has 2 unspecified atom stereocenters. The zero-order valence-corrected chi connectivity index (χ0v) is 15.1. The lowest BCUT2D eigenvalue weighted by Gasteiger charge is -2.19. The number of carbonyl (C=O) groups is 1. The smallest absolute Gasteiger partial charge is 0.234 e. The number of benzene rings is 1. The van der Waals surface area contributed by atoms with Crippen molar-refractivity contribution in [3.05, 3.63) is 71.5 Å². The van der Waals surface area contributed by atoms with E-state index in [-0.39, 0.29) is 5.91 Å². The van der Waals surface area contributed by atoms with Crippen molar-refractivity contribution in [3.8, 4) is 11.3 Å². The van der Waals surface area contributed by atoms with E-state index in [1.807, 2.05) is 18.2 Å². The second kappa shape index (κ2) is 7.42. The summed E-state index contributed by atoms with van der Waals surface area (Å²) < 4.78 is 0. The molecule has 1 N–H and O–H groups in total. The summed E-state index contributed by atoms with van der Waals surface area (Å²) >= 11 is 5.89. The third-order valence-corrected chi connectivity index (χ3v) is 4.99. The number of amides is 1. The molecule has 0 saturated carbocycles.